The maximum absolute atomic E-state index is 11.4. The lowest BCUT2D eigenvalue weighted by Gasteiger charge is -2.26. The number of carboxylic acids is 1. The van der Waals surface area contributed by atoms with Crippen molar-refractivity contribution in [1.29, 1.82) is 0 Å². The molecule has 5 nitrogen and oxygen atoms in total. The third-order valence-electron chi connectivity index (χ3n) is 2.89. The van der Waals surface area contributed by atoms with Gasteiger partial charge in [-0.05, 0) is 18.6 Å². The lowest BCUT2D eigenvalue weighted by molar-refractivity contribution is 0.0697. The van der Waals surface area contributed by atoms with Gasteiger partial charge in [0.1, 0.15) is 5.56 Å². The molecule has 0 saturated carbocycles. The van der Waals surface area contributed by atoms with E-state index in [-0.39, 0.29) is 10.6 Å². The summed E-state index contributed by atoms with van der Waals surface area (Å²) < 4.78 is 10.1. The zero-order valence-electron chi connectivity index (χ0n) is 11.8. The zero-order valence-corrected chi connectivity index (χ0v) is 12.5. The molecule has 0 spiro atoms. The summed E-state index contributed by atoms with van der Waals surface area (Å²) in [5.41, 5.74) is 0.737. The lowest BCUT2D eigenvalue weighted by atomic mass is 10.1. The molecule has 6 heteroatoms. The van der Waals surface area contributed by atoms with Crippen LogP contribution in [0.4, 0.5) is 5.69 Å². The van der Waals surface area contributed by atoms with Crippen LogP contribution < -0.4 is 4.90 Å². The topological polar surface area (TPSA) is 59.0 Å². The largest absolute Gasteiger partial charge is 0.478 e. The molecule has 0 atom stereocenters. The van der Waals surface area contributed by atoms with Gasteiger partial charge in [-0.15, -0.1) is 0 Å². The Balaban J connectivity index is 2.99. The monoisotopic (exact) mass is 301 g/mol. The molecular formula is C14H20ClNO4. The number of hydrogen-bond donors (Lipinski definition) is 1. The first-order valence-electron chi connectivity index (χ1n) is 6.36. The number of nitrogens with zero attached hydrogens (tertiary/aromatic N) is 1. The number of carboxylic acid groups (broad SMARTS) is 1. The van der Waals surface area contributed by atoms with Gasteiger partial charge in [-0.3, -0.25) is 0 Å². The van der Waals surface area contributed by atoms with Crippen LogP contribution in [0.3, 0.4) is 0 Å². The lowest BCUT2D eigenvalue weighted by Crippen LogP contribution is -2.30. The summed E-state index contributed by atoms with van der Waals surface area (Å²) in [5.74, 6) is -1.03. The highest BCUT2D eigenvalue weighted by Gasteiger charge is 2.18. The normalized spacial score (nSPS) is 10.6. The van der Waals surface area contributed by atoms with Gasteiger partial charge >= 0.3 is 5.97 Å². The predicted octanol–water partition coefficient (Wildman–Crippen LogP) is 2.53. The van der Waals surface area contributed by atoms with E-state index in [1.165, 1.54) is 0 Å². The Morgan fingerprint density at radius 3 is 2.55 bits per heavy atom. The smallest absolute Gasteiger partial charge is 0.339 e. The van der Waals surface area contributed by atoms with Crippen molar-refractivity contribution in [2.75, 3.05) is 45.4 Å². The molecule has 0 aliphatic carbocycles. The van der Waals surface area contributed by atoms with Crippen LogP contribution in [-0.2, 0) is 9.47 Å². The molecular weight excluding hydrogens is 282 g/mol. The molecule has 0 aliphatic rings. The Labute approximate surface area is 124 Å². The SMILES string of the molecule is COCCCN(CCOC)c1cccc(Cl)c1C(=O)O. The van der Waals surface area contributed by atoms with Crippen LogP contribution in [0.1, 0.15) is 16.8 Å². The molecule has 0 radical (unpaired) electrons. The Morgan fingerprint density at radius 1 is 1.25 bits per heavy atom. The first-order chi connectivity index (χ1) is 9.61. The predicted molar refractivity (Wildman–Crippen MR) is 79.0 cm³/mol. The van der Waals surface area contributed by atoms with E-state index in [0.717, 1.165) is 6.42 Å². The van der Waals surface area contributed by atoms with Gasteiger partial charge in [-0.25, -0.2) is 4.79 Å². The third kappa shape index (κ3) is 4.67. The number of halogens is 1. The van der Waals surface area contributed by atoms with E-state index in [0.29, 0.717) is 32.0 Å². The summed E-state index contributed by atoms with van der Waals surface area (Å²) in [4.78, 5) is 13.3. The molecule has 0 unspecified atom stereocenters. The molecule has 1 N–H and O–H groups in total. The van der Waals surface area contributed by atoms with Gasteiger partial charge in [-0.2, -0.15) is 0 Å². The second-order valence-corrected chi connectivity index (χ2v) is 4.67. The average molecular weight is 302 g/mol. The Morgan fingerprint density at radius 2 is 1.95 bits per heavy atom. The van der Waals surface area contributed by atoms with Crippen LogP contribution >= 0.6 is 11.6 Å². The van der Waals surface area contributed by atoms with Crippen LogP contribution in [0.5, 0.6) is 0 Å². The van der Waals surface area contributed by atoms with E-state index in [1.807, 2.05) is 4.90 Å². The van der Waals surface area contributed by atoms with Gasteiger partial charge in [0.05, 0.1) is 17.3 Å². The Hall–Kier alpha value is -1.30. The maximum atomic E-state index is 11.4. The number of aromatic carboxylic acids is 1. The van der Waals surface area contributed by atoms with Crippen molar-refractivity contribution in [1.82, 2.24) is 0 Å². The van der Waals surface area contributed by atoms with Gasteiger partial charge in [-0.1, -0.05) is 17.7 Å². The van der Waals surface area contributed by atoms with E-state index in [9.17, 15) is 9.90 Å². The van der Waals surface area contributed by atoms with Crippen LogP contribution in [0.2, 0.25) is 5.02 Å². The van der Waals surface area contributed by atoms with Crippen LogP contribution in [0, 0.1) is 0 Å². The minimum atomic E-state index is -1.03. The summed E-state index contributed by atoms with van der Waals surface area (Å²) in [7, 11) is 3.25. The van der Waals surface area contributed by atoms with E-state index in [1.54, 1.807) is 32.4 Å². The van der Waals surface area contributed by atoms with Crippen molar-refractivity contribution in [2.24, 2.45) is 0 Å². The molecule has 0 saturated heterocycles. The maximum Gasteiger partial charge on any atom is 0.339 e. The van der Waals surface area contributed by atoms with E-state index < -0.39 is 5.97 Å². The van der Waals surface area contributed by atoms with Gasteiger partial charge in [0.2, 0.25) is 0 Å². The molecule has 20 heavy (non-hydrogen) atoms. The number of hydrogen-bond acceptors (Lipinski definition) is 4. The number of anilines is 1. The number of methoxy groups -OCH3 is 2. The van der Waals surface area contributed by atoms with Crippen molar-refractivity contribution in [3.05, 3.63) is 28.8 Å². The molecule has 0 bridgehead atoms. The number of carbonyl (C=O) groups is 1. The molecule has 1 aromatic carbocycles. The summed E-state index contributed by atoms with van der Waals surface area (Å²) in [5, 5.41) is 9.57. The van der Waals surface area contributed by atoms with Crippen molar-refractivity contribution in [2.45, 2.75) is 6.42 Å². The van der Waals surface area contributed by atoms with Crippen LogP contribution in [0.25, 0.3) is 0 Å². The van der Waals surface area contributed by atoms with E-state index in [2.05, 4.69) is 0 Å². The van der Waals surface area contributed by atoms with Crippen molar-refractivity contribution < 1.29 is 19.4 Å². The highest BCUT2D eigenvalue weighted by Crippen LogP contribution is 2.27. The number of ether oxygens (including phenoxy) is 2. The molecule has 1 aromatic rings. The average Bonchev–Trinajstić information content (AvgIpc) is 2.42. The molecule has 0 aromatic heterocycles. The fraction of sp³-hybridized carbons (Fsp3) is 0.500. The fourth-order valence-electron chi connectivity index (χ4n) is 1.94. The Kier molecular flexibility index (Phi) is 7.36. The standard InChI is InChI=1S/C14H20ClNO4/c1-19-9-4-7-16(8-10-20-2)12-6-3-5-11(15)13(12)14(17)18/h3,5-6H,4,7-10H2,1-2H3,(H,17,18). The van der Waals surface area contributed by atoms with E-state index in [4.69, 9.17) is 21.1 Å². The fourth-order valence-corrected chi connectivity index (χ4v) is 2.19. The first kappa shape index (κ1) is 16.8. The third-order valence-corrected chi connectivity index (χ3v) is 3.20. The molecule has 0 heterocycles. The number of benzene rings is 1. The number of rotatable bonds is 9. The summed E-state index contributed by atoms with van der Waals surface area (Å²) in [6.45, 7) is 2.41. The minimum absolute atomic E-state index is 0.127. The van der Waals surface area contributed by atoms with Gasteiger partial charge in [0, 0.05) is 33.9 Å². The van der Waals surface area contributed by atoms with Gasteiger partial charge in [0.25, 0.3) is 0 Å². The highest BCUT2D eigenvalue weighted by molar-refractivity contribution is 6.34. The van der Waals surface area contributed by atoms with Crippen molar-refractivity contribution in [3.63, 3.8) is 0 Å². The van der Waals surface area contributed by atoms with Gasteiger partial charge in [0.15, 0.2) is 0 Å². The second-order valence-electron chi connectivity index (χ2n) is 4.27. The van der Waals surface area contributed by atoms with Crippen LogP contribution in [-0.4, -0.2) is 51.6 Å². The first-order valence-corrected chi connectivity index (χ1v) is 6.74. The summed E-state index contributed by atoms with van der Waals surface area (Å²) in [6.07, 6.45) is 0.797. The molecule has 1 rings (SSSR count). The molecule has 0 amide bonds. The summed E-state index contributed by atoms with van der Waals surface area (Å²) >= 11 is 6.00. The molecule has 112 valence electrons. The van der Waals surface area contributed by atoms with Gasteiger partial charge < -0.3 is 19.5 Å². The quantitative estimate of drug-likeness (QED) is 0.710. The van der Waals surface area contributed by atoms with E-state index >= 15 is 0 Å². The zero-order chi connectivity index (χ0) is 15.0. The van der Waals surface area contributed by atoms with Crippen molar-refractivity contribution >= 4 is 23.3 Å². The molecule has 0 aliphatic heterocycles. The Bertz CT molecular complexity index is 439. The molecule has 0 fully saturated rings. The summed E-state index contributed by atoms with van der Waals surface area (Å²) in [6, 6.07) is 5.09. The highest BCUT2D eigenvalue weighted by atomic mass is 35.5. The minimum Gasteiger partial charge on any atom is -0.478 e. The van der Waals surface area contributed by atoms with Crippen molar-refractivity contribution in [3.8, 4) is 0 Å². The van der Waals surface area contributed by atoms with Crippen LogP contribution in [0.15, 0.2) is 18.2 Å². The second kappa shape index (κ2) is 8.79.